The van der Waals surface area contributed by atoms with Gasteiger partial charge in [0.25, 0.3) is 0 Å². The van der Waals surface area contributed by atoms with Gasteiger partial charge in [-0.3, -0.25) is 14.4 Å². The van der Waals surface area contributed by atoms with Gasteiger partial charge in [0.05, 0.1) is 24.9 Å². The molecule has 0 bridgehead atoms. The normalized spacial score (nSPS) is 18.6. The Morgan fingerprint density at radius 3 is 2.59 bits per heavy atom. The fourth-order valence-electron chi connectivity index (χ4n) is 5.08. The average molecular weight is 499 g/mol. The summed E-state index contributed by atoms with van der Waals surface area (Å²) in [5.74, 6) is 0.356. The number of carbonyl (C=O) groups excluding carboxylic acids is 2. The Kier molecular flexibility index (Phi) is 7.16. The average Bonchev–Trinajstić information content (AvgIpc) is 3.38. The summed E-state index contributed by atoms with van der Waals surface area (Å²) in [6, 6.07) is 20.3. The minimum Gasteiger partial charge on any atom is -0.497 e. The van der Waals surface area contributed by atoms with Gasteiger partial charge in [0, 0.05) is 31.0 Å². The van der Waals surface area contributed by atoms with Crippen LogP contribution in [0, 0.1) is 0 Å². The maximum atomic E-state index is 13.3. The van der Waals surface area contributed by atoms with Gasteiger partial charge in [0.2, 0.25) is 17.4 Å². The van der Waals surface area contributed by atoms with Crippen LogP contribution in [0.3, 0.4) is 0 Å². The molecule has 2 N–H and O–H groups in total. The first-order chi connectivity index (χ1) is 18.0. The quantitative estimate of drug-likeness (QED) is 0.513. The lowest BCUT2D eigenvalue weighted by Gasteiger charge is -2.26. The predicted molar refractivity (Wildman–Crippen MR) is 140 cm³/mol. The van der Waals surface area contributed by atoms with Crippen molar-refractivity contribution in [2.24, 2.45) is 5.10 Å². The Hall–Kier alpha value is -4.20. The fourth-order valence-corrected chi connectivity index (χ4v) is 5.08. The van der Waals surface area contributed by atoms with Gasteiger partial charge in [-0.05, 0) is 54.2 Å². The first-order valence-corrected chi connectivity index (χ1v) is 12.6. The highest BCUT2D eigenvalue weighted by Crippen LogP contribution is 2.34. The van der Waals surface area contributed by atoms with E-state index in [1.54, 1.807) is 13.2 Å². The number of methoxy groups -OCH3 is 1. The molecule has 1 aliphatic heterocycles. The summed E-state index contributed by atoms with van der Waals surface area (Å²) in [5, 5.41) is 9.27. The summed E-state index contributed by atoms with van der Waals surface area (Å²) in [6.45, 7) is 0. The topological polar surface area (TPSA) is 104 Å². The van der Waals surface area contributed by atoms with Crippen molar-refractivity contribution < 1.29 is 14.3 Å². The standard InChI is InChI=1S/C29H30N4O4/c1-37-21-12-10-20(11-13-21)26-18-25(19-6-3-2-4-7-19)32-33(26)29(36)17-16-28(35)31-24-9-5-8-23-22(24)14-15-27(34)30-23/h2-4,6-7,10-15,24,26H,5,8-9,16-18H2,1H3,(H,30,34)(H,31,35)/t24-,26+/m0/s1. The molecular weight excluding hydrogens is 468 g/mol. The Morgan fingerprint density at radius 1 is 1.05 bits per heavy atom. The number of benzene rings is 2. The summed E-state index contributed by atoms with van der Waals surface area (Å²) in [4.78, 5) is 40.7. The van der Waals surface area contributed by atoms with Crippen molar-refractivity contribution in [3.8, 4) is 5.75 Å². The number of rotatable bonds is 7. The zero-order valence-corrected chi connectivity index (χ0v) is 20.8. The van der Waals surface area contributed by atoms with E-state index in [0.717, 1.165) is 53.1 Å². The number of pyridine rings is 1. The smallest absolute Gasteiger partial charge is 0.248 e. The molecule has 8 nitrogen and oxygen atoms in total. The lowest BCUT2D eigenvalue weighted by atomic mass is 9.91. The van der Waals surface area contributed by atoms with Crippen LogP contribution in [0.1, 0.15) is 66.6 Å². The monoisotopic (exact) mass is 498 g/mol. The Labute approximate surface area is 215 Å². The number of ether oxygens (including phenoxy) is 1. The molecular formula is C29H30N4O4. The molecule has 2 amide bonds. The molecule has 1 aliphatic carbocycles. The summed E-state index contributed by atoms with van der Waals surface area (Å²) < 4.78 is 5.28. The molecule has 2 atom stereocenters. The predicted octanol–water partition coefficient (Wildman–Crippen LogP) is 4.04. The van der Waals surface area contributed by atoms with Crippen LogP contribution in [0.4, 0.5) is 0 Å². The van der Waals surface area contributed by atoms with Crippen molar-refractivity contribution in [2.75, 3.05) is 7.11 Å². The van der Waals surface area contributed by atoms with E-state index in [1.807, 2.05) is 54.6 Å². The Morgan fingerprint density at radius 2 is 1.84 bits per heavy atom. The number of nitrogens with one attached hydrogen (secondary N) is 2. The molecule has 5 rings (SSSR count). The molecule has 2 heterocycles. The molecule has 0 saturated carbocycles. The first-order valence-electron chi connectivity index (χ1n) is 12.6. The highest BCUT2D eigenvalue weighted by Gasteiger charge is 2.33. The largest absolute Gasteiger partial charge is 0.497 e. The summed E-state index contributed by atoms with van der Waals surface area (Å²) >= 11 is 0. The van der Waals surface area contributed by atoms with Crippen LogP contribution in [-0.4, -0.2) is 34.6 Å². The van der Waals surface area contributed by atoms with Gasteiger partial charge < -0.3 is 15.0 Å². The molecule has 0 saturated heterocycles. The molecule has 0 radical (unpaired) electrons. The molecule has 190 valence electrons. The number of fused-ring (bicyclic) bond motifs is 1. The van der Waals surface area contributed by atoms with E-state index in [4.69, 9.17) is 9.84 Å². The minimum atomic E-state index is -0.251. The van der Waals surface area contributed by atoms with Crippen molar-refractivity contribution >= 4 is 17.5 Å². The molecule has 2 aromatic carbocycles. The van der Waals surface area contributed by atoms with Crippen molar-refractivity contribution in [3.63, 3.8) is 0 Å². The maximum absolute atomic E-state index is 13.3. The van der Waals surface area contributed by atoms with Crippen LogP contribution in [0.2, 0.25) is 0 Å². The van der Waals surface area contributed by atoms with Crippen LogP contribution >= 0.6 is 0 Å². The van der Waals surface area contributed by atoms with Gasteiger partial charge in [0.1, 0.15) is 5.75 Å². The zero-order chi connectivity index (χ0) is 25.8. The summed E-state index contributed by atoms with van der Waals surface area (Å²) in [5.41, 5.74) is 4.46. The highest BCUT2D eigenvalue weighted by molar-refractivity contribution is 6.03. The van der Waals surface area contributed by atoms with Gasteiger partial charge in [-0.1, -0.05) is 42.5 Å². The number of H-pyrrole nitrogens is 1. The van der Waals surface area contributed by atoms with Gasteiger partial charge in [0.15, 0.2) is 0 Å². The minimum absolute atomic E-state index is 0.0509. The van der Waals surface area contributed by atoms with Crippen molar-refractivity contribution in [1.29, 1.82) is 0 Å². The van der Waals surface area contributed by atoms with E-state index in [9.17, 15) is 14.4 Å². The van der Waals surface area contributed by atoms with E-state index < -0.39 is 0 Å². The van der Waals surface area contributed by atoms with Crippen molar-refractivity contribution in [2.45, 2.75) is 50.6 Å². The van der Waals surface area contributed by atoms with Gasteiger partial charge in [-0.2, -0.15) is 5.10 Å². The second-order valence-corrected chi connectivity index (χ2v) is 9.41. The first kappa shape index (κ1) is 24.5. The second kappa shape index (κ2) is 10.8. The van der Waals surface area contributed by atoms with Crippen LogP contribution in [0.25, 0.3) is 0 Å². The number of hydrogen-bond donors (Lipinski definition) is 2. The van der Waals surface area contributed by atoms with Gasteiger partial charge in [-0.15, -0.1) is 0 Å². The third kappa shape index (κ3) is 5.48. The number of carbonyl (C=O) groups is 2. The van der Waals surface area contributed by atoms with E-state index in [2.05, 4.69) is 10.3 Å². The summed E-state index contributed by atoms with van der Waals surface area (Å²) in [6.07, 6.45) is 3.18. The number of hydrazone groups is 1. The second-order valence-electron chi connectivity index (χ2n) is 9.41. The number of amides is 2. The summed E-state index contributed by atoms with van der Waals surface area (Å²) in [7, 11) is 1.62. The van der Waals surface area contributed by atoms with Crippen LogP contribution in [-0.2, 0) is 16.0 Å². The van der Waals surface area contributed by atoms with E-state index in [1.165, 1.54) is 11.1 Å². The number of aromatic nitrogens is 1. The Bertz CT molecular complexity index is 1360. The highest BCUT2D eigenvalue weighted by atomic mass is 16.5. The van der Waals surface area contributed by atoms with Gasteiger partial charge >= 0.3 is 0 Å². The van der Waals surface area contributed by atoms with Crippen molar-refractivity contribution in [3.05, 3.63) is 99.5 Å². The fraction of sp³-hybridized carbons (Fsp3) is 0.310. The molecule has 1 aromatic heterocycles. The molecule has 2 aliphatic rings. The maximum Gasteiger partial charge on any atom is 0.248 e. The van der Waals surface area contributed by atoms with Crippen molar-refractivity contribution in [1.82, 2.24) is 15.3 Å². The number of hydrogen-bond acceptors (Lipinski definition) is 5. The number of nitrogens with zero attached hydrogens (tertiary/aromatic N) is 2. The molecule has 37 heavy (non-hydrogen) atoms. The van der Waals surface area contributed by atoms with E-state index in [-0.39, 0.29) is 42.3 Å². The number of aromatic amines is 1. The van der Waals surface area contributed by atoms with E-state index >= 15 is 0 Å². The third-order valence-corrected chi connectivity index (χ3v) is 7.01. The Balaban J connectivity index is 1.28. The molecule has 3 aromatic rings. The lowest BCUT2D eigenvalue weighted by Crippen LogP contribution is -2.33. The van der Waals surface area contributed by atoms with Crippen LogP contribution < -0.4 is 15.6 Å². The molecule has 0 fully saturated rings. The third-order valence-electron chi connectivity index (χ3n) is 7.01. The zero-order valence-electron chi connectivity index (χ0n) is 20.8. The molecule has 8 heteroatoms. The van der Waals surface area contributed by atoms with Gasteiger partial charge in [-0.25, -0.2) is 5.01 Å². The number of aryl methyl sites for hydroxylation is 1. The SMILES string of the molecule is COc1ccc([C@H]2CC(c3ccccc3)=NN2C(=O)CCC(=O)N[C@H]2CCCc3[nH]c(=O)ccc32)cc1. The van der Waals surface area contributed by atoms with Crippen LogP contribution in [0.15, 0.2) is 76.6 Å². The van der Waals surface area contributed by atoms with Crippen LogP contribution in [0.5, 0.6) is 5.75 Å². The molecule has 0 spiro atoms. The lowest BCUT2D eigenvalue weighted by molar-refractivity contribution is -0.135. The molecule has 0 unspecified atom stereocenters. The van der Waals surface area contributed by atoms with E-state index in [0.29, 0.717) is 6.42 Å².